The SMILES string of the molecule is O=C(Cn1cnc2c(oc3ccccc32)c1=O)NCc1ccccc1Br. The third-order valence-corrected chi connectivity index (χ3v) is 4.87. The van der Waals surface area contributed by atoms with E-state index in [4.69, 9.17) is 4.42 Å². The van der Waals surface area contributed by atoms with Gasteiger partial charge in [-0.3, -0.25) is 14.2 Å². The molecule has 0 aliphatic carbocycles. The van der Waals surface area contributed by atoms with E-state index in [0.717, 1.165) is 15.4 Å². The molecule has 0 saturated heterocycles. The second-order valence-electron chi connectivity index (χ2n) is 5.82. The highest BCUT2D eigenvalue weighted by Crippen LogP contribution is 2.24. The number of fused-ring (bicyclic) bond motifs is 3. The molecule has 0 fully saturated rings. The van der Waals surface area contributed by atoms with Crippen molar-refractivity contribution in [1.29, 1.82) is 0 Å². The molecular weight excluding hydrogens is 398 g/mol. The van der Waals surface area contributed by atoms with Crippen molar-refractivity contribution in [2.45, 2.75) is 13.1 Å². The van der Waals surface area contributed by atoms with Gasteiger partial charge >= 0.3 is 0 Å². The number of halogens is 1. The van der Waals surface area contributed by atoms with Crippen molar-refractivity contribution in [3.05, 3.63) is 75.2 Å². The van der Waals surface area contributed by atoms with E-state index in [1.54, 1.807) is 6.07 Å². The number of hydrogen-bond acceptors (Lipinski definition) is 4. The fourth-order valence-electron chi connectivity index (χ4n) is 2.77. The van der Waals surface area contributed by atoms with Crippen LogP contribution in [0.4, 0.5) is 0 Å². The molecule has 7 heteroatoms. The highest BCUT2D eigenvalue weighted by molar-refractivity contribution is 9.10. The highest BCUT2D eigenvalue weighted by atomic mass is 79.9. The largest absolute Gasteiger partial charge is 0.448 e. The summed E-state index contributed by atoms with van der Waals surface area (Å²) in [6.45, 7) is 0.249. The van der Waals surface area contributed by atoms with E-state index in [0.29, 0.717) is 17.6 Å². The first-order valence-corrected chi connectivity index (χ1v) is 8.79. The van der Waals surface area contributed by atoms with Gasteiger partial charge in [-0.1, -0.05) is 46.3 Å². The molecule has 4 aromatic rings. The summed E-state index contributed by atoms with van der Waals surface area (Å²) in [7, 11) is 0. The summed E-state index contributed by atoms with van der Waals surface area (Å²) in [5.41, 5.74) is 1.85. The highest BCUT2D eigenvalue weighted by Gasteiger charge is 2.14. The molecule has 0 aliphatic rings. The van der Waals surface area contributed by atoms with Gasteiger partial charge in [-0.05, 0) is 23.8 Å². The Bertz CT molecular complexity index is 1180. The van der Waals surface area contributed by atoms with Gasteiger partial charge in [0, 0.05) is 16.4 Å². The Balaban J connectivity index is 1.56. The molecule has 0 bridgehead atoms. The zero-order valence-electron chi connectivity index (χ0n) is 13.6. The number of carbonyl (C=O) groups is 1. The van der Waals surface area contributed by atoms with Gasteiger partial charge in [0.2, 0.25) is 11.5 Å². The molecule has 0 saturated carbocycles. The minimum atomic E-state index is -0.373. The van der Waals surface area contributed by atoms with Crippen LogP contribution in [0.3, 0.4) is 0 Å². The number of hydrogen-bond donors (Lipinski definition) is 1. The summed E-state index contributed by atoms with van der Waals surface area (Å²) in [6.07, 6.45) is 1.38. The molecule has 1 N–H and O–H groups in total. The van der Waals surface area contributed by atoms with Gasteiger partial charge in [-0.25, -0.2) is 4.98 Å². The van der Waals surface area contributed by atoms with Crippen LogP contribution in [0.25, 0.3) is 22.1 Å². The Hall–Kier alpha value is -2.93. The number of para-hydroxylation sites is 1. The van der Waals surface area contributed by atoms with Crippen LogP contribution in [0.5, 0.6) is 0 Å². The smallest absolute Gasteiger partial charge is 0.297 e. The van der Waals surface area contributed by atoms with E-state index in [1.165, 1.54) is 10.9 Å². The molecule has 4 rings (SSSR count). The Labute approximate surface area is 156 Å². The van der Waals surface area contributed by atoms with Gasteiger partial charge in [-0.2, -0.15) is 0 Å². The maximum Gasteiger partial charge on any atom is 0.297 e. The van der Waals surface area contributed by atoms with Gasteiger partial charge < -0.3 is 9.73 Å². The monoisotopic (exact) mass is 411 g/mol. The Morgan fingerprint density at radius 3 is 2.77 bits per heavy atom. The van der Waals surface area contributed by atoms with Gasteiger partial charge in [0.15, 0.2) is 0 Å². The lowest BCUT2D eigenvalue weighted by atomic mass is 10.2. The molecule has 0 unspecified atom stereocenters. The van der Waals surface area contributed by atoms with Crippen molar-refractivity contribution in [3.8, 4) is 0 Å². The first kappa shape index (κ1) is 16.5. The predicted octanol–water partition coefficient (Wildman–Crippen LogP) is 3.22. The molecule has 0 radical (unpaired) electrons. The van der Waals surface area contributed by atoms with Crippen LogP contribution < -0.4 is 10.9 Å². The number of nitrogens with one attached hydrogen (secondary N) is 1. The molecule has 0 aliphatic heterocycles. The minimum Gasteiger partial charge on any atom is -0.448 e. The lowest BCUT2D eigenvalue weighted by Gasteiger charge is -2.08. The van der Waals surface area contributed by atoms with Crippen LogP contribution in [-0.2, 0) is 17.9 Å². The fourth-order valence-corrected chi connectivity index (χ4v) is 3.20. The van der Waals surface area contributed by atoms with Crippen molar-refractivity contribution in [1.82, 2.24) is 14.9 Å². The van der Waals surface area contributed by atoms with Crippen LogP contribution in [0, 0.1) is 0 Å². The Kier molecular flexibility index (Phi) is 4.30. The molecule has 1 amide bonds. The summed E-state index contributed by atoms with van der Waals surface area (Å²) in [5, 5.41) is 3.59. The molecule has 0 atom stereocenters. The summed E-state index contributed by atoms with van der Waals surface area (Å²) < 4.78 is 7.79. The number of nitrogens with zero attached hydrogens (tertiary/aromatic N) is 2. The lowest BCUT2D eigenvalue weighted by Crippen LogP contribution is -2.32. The number of benzene rings is 2. The van der Waals surface area contributed by atoms with Gasteiger partial charge in [0.25, 0.3) is 5.56 Å². The number of aromatic nitrogens is 2. The summed E-state index contributed by atoms with van der Waals surface area (Å²) >= 11 is 3.44. The Morgan fingerprint density at radius 2 is 1.92 bits per heavy atom. The molecule has 0 spiro atoms. The van der Waals surface area contributed by atoms with E-state index in [9.17, 15) is 9.59 Å². The summed E-state index contributed by atoms with van der Waals surface area (Å²) in [4.78, 5) is 29.1. The minimum absolute atomic E-state index is 0.122. The first-order chi connectivity index (χ1) is 12.6. The second-order valence-corrected chi connectivity index (χ2v) is 6.68. The average Bonchev–Trinajstić information content (AvgIpc) is 3.03. The van der Waals surface area contributed by atoms with Crippen molar-refractivity contribution in [3.63, 3.8) is 0 Å². The van der Waals surface area contributed by atoms with Crippen molar-refractivity contribution in [2.75, 3.05) is 0 Å². The average molecular weight is 412 g/mol. The molecule has 6 nitrogen and oxygen atoms in total. The third kappa shape index (κ3) is 3.01. The van der Waals surface area contributed by atoms with Gasteiger partial charge in [-0.15, -0.1) is 0 Å². The quantitative estimate of drug-likeness (QED) is 0.559. The van der Waals surface area contributed by atoms with Crippen LogP contribution >= 0.6 is 15.9 Å². The van der Waals surface area contributed by atoms with E-state index in [-0.39, 0.29) is 23.6 Å². The zero-order chi connectivity index (χ0) is 18.1. The number of rotatable bonds is 4. The van der Waals surface area contributed by atoms with E-state index in [1.807, 2.05) is 42.5 Å². The molecule has 130 valence electrons. The second kappa shape index (κ2) is 6.76. The number of carbonyl (C=O) groups excluding carboxylic acids is 1. The van der Waals surface area contributed by atoms with Crippen LogP contribution in [0.1, 0.15) is 5.56 Å². The fraction of sp³-hybridized carbons (Fsp3) is 0.105. The van der Waals surface area contributed by atoms with Crippen molar-refractivity contribution >= 4 is 43.9 Å². The maximum absolute atomic E-state index is 12.6. The number of amides is 1. The molecule has 2 aromatic carbocycles. The van der Waals surface area contributed by atoms with E-state index < -0.39 is 0 Å². The van der Waals surface area contributed by atoms with E-state index in [2.05, 4.69) is 26.2 Å². The van der Waals surface area contributed by atoms with Crippen LogP contribution in [0.15, 0.2) is 68.5 Å². The molecule has 2 heterocycles. The first-order valence-electron chi connectivity index (χ1n) is 8.00. The van der Waals surface area contributed by atoms with Crippen LogP contribution in [-0.4, -0.2) is 15.5 Å². The van der Waals surface area contributed by atoms with Crippen molar-refractivity contribution < 1.29 is 9.21 Å². The van der Waals surface area contributed by atoms with Gasteiger partial charge in [0.1, 0.15) is 17.6 Å². The van der Waals surface area contributed by atoms with Crippen LogP contribution in [0.2, 0.25) is 0 Å². The third-order valence-electron chi connectivity index (χ3n) is 4.10. The molecule has 26 heavy (non-hydrogen) atoms. The zero-order valence-corrected chi connectivity index (χ0v) is 15.2. The number of furan rings is 1. The maximum atomic E-state index is 12.6. The normalized spacial score (nSPS) is 11.1. The van der Waals surface area contributed by atoms with Gasteiger partial charge in [0.05, 0.1) is 6.33 Å². The van der Waals surface area contributed by atoms with Crippen molar-refractivity contribution in [2.24, 2.45) is 0 Å². The van der Waals surface area contributed by atoms with E-state index >= 15 is 0 Å². The topological polar surface area (TPSA) is 77.1 Å². The Morgan fingerprint density at radius 1 is 1.15 bits per heavy atom. The predicted molar refractivity (Wildman–Crippen MR) is 102 cm³/mol. The summed E-state index contributed by atoms with van der Waals surface area (Å²) in [5.74, 6) is -0.278. The lowest BCUT2D eigenvalue weighted by molar-refractivity contribution is -0.121. The molecule has 2 aromatic heterocycles. The summed E-state index contributed by atoms with van der Waals surface area (Å²) in [6, 6.07) is 15.0. The standard InChI is InChI=1S/C19H14BrN3O3/c20-14-7-3-1-5-12(14)9-21-16(24)10-23-11-22-17-13-6-2-4-8-15(13)26-18(17)19(23)25/h1-8,11H,9-10H2,(H,21,24). The molecular formula is C19H14BrN3O3.